The minimum absolute atomic E-state index is 0.887. The third-order valence-electron chi connectivity index (χ3n) is 4.39. The number of aryl methyl sites for hydroxylation is 2. The zero-order chi connectivity index (χ0) is 12.4. The summed E-state index contributed by atoms with van der Waals surface area (Å²) in [6, 6.07) is 6.97. The van der Waals surface area contributed by atoms with Gasteiger partial charge in [0.25, 0.3) is 0 Å². The lowest BCUT2D eigenvalue weighted by Gasteiger charge is -2.35. The predicted molar refractivity (Wildman–Crippen MR) is 77.3 cm³/mol. The lowest BCUT2D eigenvalue weighted by Crippen LogP contribution is -2.38. The van der Waals surface area contributed by atoms with Crippen LogP contribution in [-0.2, 0) is 6.42 Å². The molecule has 18 heavy (non-hydrogen) atoms. The zero-order valence-corrected chi connectivity index (χ0v) is 11.4. The van der Waals surface area contributed by atoms with Crippen LogP contribution in [0.4, 0.5) is 5.69 Å². The van der Waals surface area contributed by atoms with Crippen molar-refractivity contribution in [1.82, 2.24) is 5.32 Å². The number of anilines is 1. The van der Waals surface area contributed by atoms with Crippen LogP contribution in [0.25, 0.3) is 0 Å². The molecular formula is C16H24N2. The lowest BCUT2D eigenvalue weighted by molar-refractivity contribution is 0.371. The second kappa shape index (κ2) is 5.31. The van der Waals surface area contributed by atoms with Crippen molar-refractivity contribution in [3.05, 3.63) is 29.3 Å². The Kier molecular flexibility index (Phi) is 3.55. The molecule has 1 aromatic carbocycles. The second-order valence-electron chi connectivity index (χ2n) is 5.88. The summed E-state index contributed by atoms with van der Waals surface area (Å²) >= 11 is 0. The Morgan fingerprint density at radius 1 is 1.28 bits per heavy atom. The number of hydrogen-bond donors (Lipinski definition) is 1. The van der Waals surface area contributed by atoms with Crippen molar-refractivity contribution in [2.45, 2.75) is 32.6 Å². The smallest absolute Gasteiger partial charge is 0.0401 e. The van der Waals surface area contributed by atoms with E-state index in [-0.39, 0.29) is 0 Å². The zero-order valence-electron chi connectivity index (χ0n) is 11.4. The summed E-state index contributed by atoms with van der Waals surface area (Å²) in [6.07, 6.45) is 5.27. The van der Waals surface area contributed by atoms with Gasteiger partial charge >= 0.3 is 0 Å². The first-order chi connectivity index (χ1) is 8.83. The van der Waals surface area contributed by atoms with Gasteiger partial charge in [-0.1, -0.05) is 12.1 Å². The summed E-state index contributed by atoms with van der Waals surface area (Å²) in [7, 11) is 0. The molecule has 0 aromatic heterocycles. The summed E-state index contributed by atoms with van der Waals surface area (Å²) in [5.41, 5.74) is 4.46. The third kappa shape index (κ3) is 2.54. The van der Waals surface area contributed by atoms with Crippen LogP contribution in [-0.4, -0.2) is 26.2 Å². The van der Waals surface area contributed by atoms with E-state index in [2.05, 4.69) is 35.3 Å². The highest BCUT2D eigenvalue weighted by molar-refractivity contribution is 5.57. The van der Waals surface area contributed by atoms with E-state index >= 15 is 0 Å². The van der Waals surface area contributed by atoms with E-state index in [1.54, 1.807) is 5.56 Å². The molecule has 2 nitrogen and oxygen atoms in total. The molecule has 0 spiro atoms. The highest BCUT2D eigenvalue weighted by atomic mass is 15.1. The van der Waals surface area contributed by atoms with E-state index in [1.165, 1.54) is 63.1 Å². The van der Waals surface area contributed by atoms with Gasteiger partial charge in [-0.05, 0) is 68.8 Å². The number of nitrogens with one attached hydrogen (secondary N) is 1. The van der Waals surface area contributed by atoms with Gasteiger partial charge in [0.05, 0.1) is 0 Å². The minimum Gasteiger partial charge on any atom is -0.371 e. The Morgan fingerprint density at radius 3 is 2.94 bits per heavy atom. The van der Waals surface area contributed by atoms with E-state index in [4.69, 9.17) is 0 Å². The molecule has 98 valence electrons. The topological polar surface area (TPSA) is 15.3 Å². The summed E-state index contributed by atoms with van der Waals surface area (Å²) in [5.74, 6) is 0.887. The Bertz CT molecular complexity index is 408. The largest absolute Gasteiger partial charge is 0.371 e. The number of rotatable bonds is 2. The molecule has 0 aliphatic carbocycles. The Hall–Kier alpha value is -1.02. The normalized spacial score (nSPS) is 20.8. The monoisotopic (exact) mass is 244 g/mol. The van der Waals surface area contributed by atoms with Gasteiger partial charge in [0.15, 0.2) is 0 Å². The second-order valence-corrected chi connectivity index (χ2v) is 5.88. The van der Waals surface area contributed by atoms with E-state index in [9.17, 15) is 0 Å². The molecule has 0 radical (unpaired) electrons. The number of piperidine rings is 1. The highest BCUT2D eigenvalue weighted by Gasteiger charge is 2.21. The van der Waals surface area contributed by atoms with E-state index in [1.807, 2.05) is 0 Å². The molecule has 2 heterocycles. The molecule has 0 saturated carbocycles. The van der Waals surface area contributed by atoms with Crippen molar-refractivity contribution in [2.75, 3.05) is 31.1 Å². The Labute approximate surface area is 110 Å². The maximum atomic E-state index is 3.46. The third-order valence-corrected chi connectivity index (χ3v) is 4.39. The van der Waals surface area contributed by atoms with E-state index in [0.29, 0.717) is 0 Å². The minimum atomic E-state index is 0.887. The quantitative estimate of drug-likeness (QED) is 0.860. The van der Waals surface area contributed by atoms with E-state index in [0.717, 1.165) is 5.92 Å². The van der Waals surface area contributed by atoms with Crippen LogP contribution in [0.3, 0.4) is 0 Å². The fourth-order valence-corrected chi connectivity index (χ4v) is 3.33. The molecule has 1 fully saturated rings. The van der Waals surface area contributed by atoms with Crippen LogP contribution < -0.4 is 10.2 Å². The van der Waals surface area contributed by atoms with Crippen molar-refractivity contribution in [1.29, 1.82) is 0 Å². The standard InChI is InChI=1S/C16H24N2/c1-13-4-5-15-3-2-10-18(16(15)11-13)12-14-6-8-17-9-7-14/h4-5,11,14,17H,2-3,6-10,12H2,1H3. The molecule has 0 bridgehead atoms. The molecule has 0 atom stereocenters. The summed E-state index contributed by atoms with van der Waals surface area (Å²) < 4.78 is 0. The average molecular weight is 244 g/mol. The average Bonchev–Trinajstić information content (AvgIpc) is 2.41. The number of benzene rings is 1. The van der Waals surface area contributed by atoms with Crippen LogP contribution in [0.15, 0.2) is 18.2 Å². The van der Waals surface area contributed by atoms with Gasteiger partial charge in [0.1, 0.15) is 0 Å². The summed E-state index contributed by atoms with van der Waals surface area (Å²) in [5, 5.41) is 3.46. The fourth-order valence-electron chi connectivity index (χ4n) is 3.33. The summed E-state index contributed by atoms with van der Waals surface area (Å²) in [4.78, 5) is 2.64. The van der Waals surface area contributed by atoms with Crippen molar-refractivity contribution in [3.63, 3.8) is 0 Å². The molecule has 0 amide bonds. The molecule has 0 unspecified atom stereocenters. The van der Waals surface area contributed by atoms with Crippen molar-refractivity contribution < 1.29 is 0 Å². The molecule has 2 aliphatic heterocycles. The van der Waals surface area contributed by atoms with Gasteiger partial charge in [-0.25, -0.2) is 0 Å². The van der Waals surface area contributed by atoms with Gasteiger partial charge in [-0.2, -0.15) is 0 Å². The summed E-state index contributed by atoms with van der Waals surface area (Å²) in [6.45, 7) is 7.13. The number of nitrogens with zero attached hydrogens (tertiary/aromatic N) is 1. The van der Waals surface area contributed by atoms with Crippen molar-refractivity contribution >= 4 is 5.69 Å². The Balaban J connectivity index is 1.75. The van der Waals surface area contributed by atoms with E-state index < -0.39 is 0 Å². The van der Waals surface area contributed by atoms with Gasteiger partial charge < -0.3 is 10.2 Å². The van der Waals surface area contributed by atoms with Gasteiger partial charge in [0, 0.05) is 18.8 Å². The molecule has 3 rings (SSSR count). The maximum Gasteiger partial charge on any atom is 0.0401 e. The van der Waals surface area contributed by atoms with Crippen LogP contribution in [0.5, 0.6) is 0 Å². The lowest BCUT2D eigenvalue weighted by atomic mass is 9.94. The van der Waals surface area contributed by atoms with Crippen LogP contribution in [0.2, 0.25) is 0 Å². The van der Waals surface area contributed by atoms with Crippen molar-refractivity contribution in [3.8, 4) is 0 Å². The predicted octanol–water partition coefficient (Wildman–Crippen LogP) is 2.75. The molecule has 1 saturated heterocycles. The number of hydrogen-bond acceptors (Lipinski definition) is 2. The molecular weight excluding hydrogens is 220 g/mol. The molecule has 2 aliphatic rings. The molecule has 1 N–H and O–H groups in total. The first-order valence-electron chi connectivity index (χ1n) is 7.38. The maximum absolute atomic E-state index is 3.46. The van der Waals surface area contributed by atoms with Crippen LogP contribution in [0, 0.1) is 12.8 Å². The van der Waals surface area contributed by atoms with Gasteiger partial charge in [-0.15, -0.1) is 0 Å². The van der Waals surface area contributed by atoms with Crippen LogP contribution in [0.1, 0.15) is 30.4 Å². The molecule has 2 heteroatoms. The van der Waals surface area contributed by atoms with Crippen molar-refractivity contribution in [2.24, 2.45) is 5.92 Å². The molecule has 1 aromatic rings. The van der Waals surface area contributed by atoms with Gasteiger partial charge in [0.2, 0.25) is 0 Å². The highest BCUT2D eigenvalue weighted by Crippen LogP contribution is 2.29. The number of fused-ring (bicyclic) bond motifs is 1. The Morgan fingerprint density at radius 2 is 2.11 bits per heavy atom. The fraction of sp³-hybridized carbons (Fsp3) is 0.625. The van der Waals surface area contributed by atoms with Gasteiger partial charge in [-0.3, -0.25) is 0 Å². The first kappa shape index (κ1) is 12.0. The van der Waals surface area contributed by atoms with Crippen LogP contribution >= 0.6 is 0 Å². The SMILES string of the molecule is Cc1ccc2c(c1)N(CC1CCNCC1)CCC2. The first-order valence-corrected chi connectivity index (χ1v) is 7.38.